The minimum Gasteiger partial charge on any atom is -0.490 e. The highest BCUT2D eigenvalue weighted by atomic mass is 32.2. The van der Waals surface area contributed by atoms with E-state index in [-0.39, 0.29) is 18.3 Å². The lowest BCUT2D eigenvalue weighted by molar-refractivity contribution is -0.113. The van der Waals surface area contributed by atoms with Gasteiger partial charge in [-0.25, -0.2) is 9.78 Å². The Hall–Kier alpha value is -2.92. The molecular weight excluding hydrogens is 474 g/mol. The maximum Gasteiger partial charge on any atom is 0.350 e. The predicted octanol–water partition coefficient (Wildman–Crippen LogP) is 4.48. The van der Waals surface area contributed by atoms with Crippen molar-refractivity contribution in [2.75, 3.05) is 17.7 Å². The van der Waals surface area contributed by atoms with Gasteiger partial charge in [0.05, 0.1) is 24.2 Å². The van der Waals surface area contributed by atoms with Gasteiger partial charge in [0.25, 0.3) is 0 Å². The van der Waals surface area contributed by atoms with Crippen molar-refractivity contribution in [3.63, 3.8) is 0 Å². The number of anilines is 1. The van der Waals surface area contributed by atoms with E-state index >= 15 is 0 Å². The number of aromatic nitrogens is 4. The van der Waals surface area contributed by atoms with Crippen molar-refractivity contribution in [3.8, 4) is 17.1 Å². The number of nitrogens with one attached hydrogen (secondary N) is 1. The zero-order valence-electron chi connectivity index (χ0n) is 19.4. The second kappa shape index (κ2) is 11.0. The average molecular weight is 502 g/mol. The van der Waals surface area contributed by atoms with Crippen LogP contribution < -0.4 is 10.1 Å². The van der Waals surface area contributed by atoms with E-state index in [1.165, 1.54) is 24.6 Å². The molecule has 4 rings (SSSR count). The Bertz CT molecular complexity index is 1150. The summed E-state index contributed by atoms with van der Waals surface area (Å²) in [6.07, 6.45) is 5.03. The van der Waals surface area contributed by atoms with Crippen LogP contribution in [0.3, 0.4) is 0 Å². The summed E-state index contributed by atoms with van der Waals surface area (Å²) in [6.45, 7) is 3.74. The lowest BCUT2D eigenvalue weighted by Crippen LogP contribution is -2.14. The zero-order valence-corrected chi connectivity index (χ0v) is 21.0. The molecule has 2 heterocycles. The zero-order chi connectivity index (χ0) is 24.1. The molecule has 1 saturated carbocycles. The van der Waals surface area contributed by atoms with Crippen LogP contribution in [-0.4, -0.2) is 50.1 Å². The topological polar surface area (TPSA) is 108 Å². The fourth-order valence-corrected chi connectivity index (χ4v) is 5.28. The van der Waals surface area contributed by atoms with Gasteiger partial charge in [-0.2, -0.15) is 0 Å². The summed E-state index contributed by atoms with van der Waals surface area (Å²) in [5.41, 5.74) is 1.46. The average Bonchev–Trinajstić information content (AvgIpc) is 3.54. The molecule has 0 atom stereocenters. The molecular formula is C23H27N5O4S2. The maximum atomic E-state index is 12.4. The third-order valence-corrected chi connectivity index (χ3v) is 7.46. The van der Waals surface area contributed by atoms with Crippen LogP contribution in [0.25, 0.3) is 11.4 Å². The second-order valence-electron chi connectivity index (χ2n) is 7.90. The van der Waals surface area contributed by atoms with Crippen LogP contribution in [-0.2, 0) is 16.6 Å². The number of thiazole rings is 1. The first-order valence-corrected chi connectivity index (χ1v) is 13.0. The monoisotopic (exact) mass is 501 g/mol. The lowest BCUT2D eigenvalue weighted by Gasteiger charge is -2.13. The van der Waals surface area contributed by atoms with E-state index in [9.17, 15) is 9.59 Å². The fraction of sp³-hybridized carbons (Fsp3) is 0.435. The van der Waals surface area contributed by atoms with Gasteiger partial charge in [-0.1, -0.05) is 23.1 Å². The van der Waals surface area contributed by atoms with Crippen molar-refractivity contribution in [2.45, 2.75) is 50.8 Å². The number of carbonyl (C=O) groups excluding carboxylic acids is 2. The first-order valence-electron chi connectivity index (χ1n) is 11.2. The van der Waals surface area contributed by atoms with Gasteiger partial charge >= 0.3 is 5.97 Å². The van der Waals surface area contributed by atoms with E-state index in [2.05, 4.69) is 20.5 Å². The van der Waals surface area contributed by atoms with Gasteiger partial charge in [-0.15, -0.1) is 10.2 Å². The molecule has 1 amide bonds. The minimum absolute atomic E-state index is 0.132. The number of ether oxygens (including phenoxy) is 2. The predicted molar refractivity (Wildman–Crippen MR) is 131 cm³/mol. The van der Waals surface area contributed by atoms with E-state index < -0.39 is 5.97 Å². The molecule has 0 spiro atoms. The van der Waals surface area contributed by atoms with Crippen LogP contribution in [0.2, 0.25) is 0 Å². The SMILES string of the molecule is CCOC(=O)c1sc(NC(=O)CSc2nnc(-c3ccc(OC4CCCC4)cc3)n2C)nc1C. The lowest BCUT2D eigenvalue weighted by atomic mass is 10.2. The first kappa shape index (κ1) is 24.2. The highest BCUT2D eigenvalue weighted by molar-refractivity contribution is 7.99. The van der Waals surface area contributed by atoms with Crippen molar-refractivity contribution in [1.29, 1.82) is 0 Å². The molecule has 9 nitrogen and oxygen atoms in total. The number of esters is 1. The van der Waals surface area contributed by atoms with Crippen LogP contribution in [0.5, 0.6) is 5.75 Å². The largest absolute Gasteiger partial charge is 0.490 e. The normalized spacial score (nSPS) is 13.7. The Morgan fingerprint density at radius 3 is 2.65 bits per heavy atom. The summed E-state index contributed by atoms with van der Waals surface area (Å²) >= 11 is 2.38. The number of hydrogen-bond donors (Lipinski definition) is 1. The standard InChI is InChI=1S/C23H27N5O4S2/c1-4-31-21(30)19-14(2)24-22(34-19)25-18(29)13-33-23-27-26-20(28(23)3)15-9-11-17(12-10-15)32-16-7-5-6-8-16/h9-12,16H,4-8,13H2,1-3H3,(H,24,25,29). The molecule has 11 heteroatoms. The van der Waals surface area contributed by atoms with Crippen molar-refractivity contribution in [1.82, 2.24) is 19.7 Å². The summed E-state index contributed by atoms with van der Waals surface area (Å²) in [5.74, 6) is 1.04. The summed E-state index contributed by atoms with van der Waals surface area (Å²) in [4.78, 5) is 29.0. The van der Waals surface area contributed by atoms with Crippen molar-refractivity contribution in [3.05, 3.63) is 34.8 Å². The molecule has 1 aromatic carbocycles. The number of amides is 1. The van der Waals surface area contributed by atoms with Crippen molar-refractivity contribution in [2.24, 2.45) is 7.05 Å². The molecule has 0 saturated heterocycles. The van der Waals surface area contributed by atoms with E-state index in [0.29, 0.717) is 32.8 Å². The number of benzene rings is 1. The summed E-state index contributed by atoms with van der Waals surface area (Å²) in [7, 11) is 1.87. The third-order valence-electron chi connectivity index (χ3n) is 5.39. The van der Waals surface area contributed by atoms with Crippen molar-refractivity contribution >= 4 is 40.1 Å². The Labute approximate surface area is 206 Å². The van der Waals surface area contributed by atoms with Gasteiger partial charge in [0.1, 0.15) is 10.6 Å². The number of hydrogen-bond acceptors (Lipinski definition) is 9. The molecule has 0 unspecified atom stereocenters. The van der Waals surface area contributed by atoms with Crippen LogP contribution in [0, 0.1) is 6.92 Å². The van der Waals surface area contributed by atoms with E-state index in [0.717, 1.165) is 35.5 Å². The van der Waals surface area contributed by atoms with E-state index in [1.807, 2.05) is 35.9 Å². The first-order chi connectivity index (χ1) is 16.4. The second-order valence-corrected chi connectivity index (χ2v) is 9.85. The van der Waals surface area contributed by atoms with Gasteiger partial charge in [0, 0.05) is 12.6 Å². The maximum absolute atomic E-state index is 12.4. The summed E-state index contributed by atoms with van der Waals surface area (Å²) in [6, 6.07) is 7.87. The summed E-state index contributed by atoms with van der Waals surface area (Å²) < 4.78 is 12.9. The minimum atomic E-state index is -0.433. The van der Waals surface area contributed by atoms with Gasteiger partial charge in [-0.05, 0) is 63.8 Å². The Morgan fingerprint density at radius 1 is 1.21 bits per heavy atom. The van der Waals surface area contributed by atoms with Crippen LogP contribution in [0.15, 0.2) is 29.4 Å². The molecule has 0 aliphatic heterocycles. The third kappa shape index (κ3) is 5.76. The Kier molecular flexibility index (Phi) is 7.84. The summed E-state index contributed by atoms with van der Waals surface area (Å²) in [5, 5.41) is 12.2. The van der Waals surface area contributed by atoms with E-state index in [4.69, 9.17) is 9.47 Å². The van der Waals surface area contributed by atoms with Crippen LogP contribution in [0.1, 0.15) is 48.0 Å². The number of carbonyl (C=O) groups is 2. The Morgan fingerprint density at radius 2 is 1.94 bits per heavy atom. The number of nitrogens with zero attached hydrogens (tertiary/aromatic N) is 4. The molecule has 2 aromatic heterocycles. The molecule has 0 bridgehead atoms. The smallest absolute Gasteiger partial charge is 0.350 e. The highest BCUT2D eigenvalue weighted by Gasteiger charge is 2.19. The van der Waals surface area contributed by atoms with E-state index in [1.54, 1.807) is 13.8 Å². The molecule has 1 aliphatic carbocycles. The molecule has 1 aliphatic rings. The molecule has 180 valence electrons. The quantitative estimate of drug-likeness (QED) is 0.338. The van der Waals surface area contributed by atoms with Crippen molar-refractivity contribution < 1.29 is 19.1 Å². The Balaban J connectivity index is 1.33. The molecule has 3 aromatic rings. The van der Waals surface area contributed by atoms with Gasteiger partial charge in [0.15, 0.2) is 16.1 Å². The molecule has 1 fully saturated rings. The van der Waals surface area contributed by atoms with Gasteiger partial charge in [-0.3, -0.25) is 4.79 Å². The fourth-order valence-electron chi connectivity index (χ4n) is 3.69. The number of aryl methyl sites for hydroxylation is 1. The van der Waals surface area contributed by atoms with Crippen LogP contribution >= 0.6 is 23.1 Å². The number of rotatable bonds is 9. The molecule has 0 radical (unpaired) electrons. The highest BCUT2D eigenvalue weighted by Crippen LogP contribution is 2.28. The van der Waals surface area contributed by atoms with Gasteiger partial charge in [0.2, 0.25) is 5.91 Å². The molecule has 1 N–H and O–H groups in total. The van der Waals surface area contributed by atoms with Gasteiger partial charge < -0.3 is 19.4 Å². The molecule has 34 heavy (non-hydrogen) atoms. The number of thioether (sulfide) groups is 1. The van der Waals surface area contributed by atoms with Crippen LogP contribution in [0.4, 0.5) is 5.13 Å².